The summed E-state index contributed by atoms with van der Waals surface area (Å²) in [5.41, 5.74) is 2.55. The summed E-state index contributed by atoms with van der Waals surface area (Å²) in [4.78, 5) is 23.2. The van der Waals surface area contributed by atoms with Crippen LogP contribution in [-0.2, 0) is 10.0 Å². The van der Waals surface area contributed by atoms with E-state index in [0.29, 0.717) is 30.1 Å². The van der Waals surface area contributed by atoms with Crippen LogP contribution in [0.4, 0.5) is 5.69 Å². The van der Waals surface area contributed by atoms with Gasteiger partial charge in [0.1, 0.15) is 11.6 Å². The van der Waals surface area contributed by atoms with Crippen molar-refractivity contribution in [3.8, 4) is 5.75 Å². The summed E-state index contributed by atoms with van der Waals surface area (Å²) in [5, 5.41) is 0. The Labute approximate surface area is 204 Å². The second-order valence-electron chi connectivity index (χ2n) is 8.56. The first-order valence-electron chi connectivity index (χ1n) is 11.4. The van der Waals surface area contributed by atoms with Crippen LogP contribution in [0.25, 0.3) is 11.0 Å². The molecule has 3 aromatic carbocycles. The summed E-state index contributed by atoms with van der Waals surface area (Å²) in [7, 11) is -2.44. The summed E-state index contributed by atoms with van der Waals surface area (Å²) in [6.07, 6.45) is 1.78. The maximum absolute atomic E-state index is 13.3. The smallest absolute Gasteiger partial charge is 0.262 e. The van der Waals surface area contributed by atoms with E-state index in [4.69, 9.17) is 9.72 Å². The highest BCUT2D eigenvalue weighted by atomic mass is 32.2. The molecule has 1 atom stereocenters. The number of hydrogen-bond acceptors (Lipinski definition) is 5. The third-order valence-electron chi connectivity index (χ3n) is 6.25. The summed E-state index contributed by atoms with van der Waals surface area (Å²) in [6.45, 7) is 1.14. The van der Waals surface area contributed by atoms with Crippen LogP contribution >= 0.6 is 0 Å². The standard InChI is InChI=1S/C26H26N4O4S/c1-34-24-14-5-4-13-23(24)29-35(32,33)20-10-6-8-18(16-20)26(31)30-15-7-9-19(17-30)25-27-21-11-2-3-12-22(21)28-25/h2-6,8,10-14,16,19,29H,7,9,15,17H2,1H3,(H,27,28). The van der Waals surface area contributed by atoms with Crippen LogP contribution in [0.1, 0.15) is 34.9 Å². The van der Waals surface area contributed by atoms with Gasteiger partial charge < -0.3 is 14.6 Å². The number of fused-ring (bicyclic) bond motifs is 1. The van der Waals surface area contributed by atoms with Gasteiger partial charge in [-0.25, -0.2) is 13.4 Å². The van der Waals surface area contributed by atoms with Gasteiger partial charge in [-0.05, 0) is 55.3 Å². The lowest BCUT2D eigenvalue weighted by Crippen LogP contribution is -2.39. The first-order chi connectivity index (χ1) is 16.9. The van der Waals surface area contributed by atoms with Gasteiger partial charge in [-0.2, -0.15) is 0 Å². The number of hydrogen-bond donors (Lipinski definition) is 2. The summed E-state index contributed by atoms with van der Waals surface area (Å²) < 4.78 is 33.9. The number of ether oxygens (including phenoxy) is 1. The minimum absolute atomic E-state index is 0.0140. The number of methoxy groups -OCH3 is 1. The van der Waals surface area contributed by atoms with E-state index in [1.807, 2.05) is 24.3 Å². The van der Waals surface area contributed by atoms with Crippen molar-refractivity contribution < 1.29 is 17.9 Å². The number of rotatable bonds is 6. The Morgan fingerprint density at radius 3 is 2.71 bits per heavy atom. The van der Waals surface area contributed by atoms with E-state index in [-0.39, 0.29) is 16.7 Å². The Morgan fingerprint density at radius 1 is 1.09 bits per heavy atom. The van der Waals surface area contributed by atoms with E-state index in [9.17, 15) is 13.2 Å². The van der Waals surface area contributed by atoms with Gasteiger partial charge >= 0.3 is 0 Å². The highest BCUT2D eigenvalue weighted by Crippen LogP contribution is 2.29. The SMILES string of the molecule is COc1ccccc1NS(=O)(=O)c1cccc(C(=O)N2CCCC(c3nc4ccccc4[nH]3)C2)c1. The molecule has 35 heavy (non-hydrogen) atoms. The Balaban J connectivity index is 1.35. The van der Waals surface area contributed by atoms with E-state index in [0.717, 1.165) is 29.7 Å². The van der Waals surface area contributed by atoms with Gasteiger partial charge in [0, 0.05) is 24.6 Å². The molecule has 1 amide bonds. The van der Waals surface area contributed by atoms with E-state index in [2.05, 4.69) is 9.71 Å². The van der Waals surface area contributed by atoms with E-state index < -0.39 is 10.0 Å². The Hall–Kier alpha value is -3.85. The molecule has 1 aliphatic heterocycles. The number of carbonyl (C=O) groups is 1. The third kappa shape index (κ3) is 4.72. The Bertz CT molecular complexity index is 1450. The van der Waals surface area contributed by atoms with Crippen LogP contribution in [0.2, 0.25) is 0 Å². The Morgan fingerprint density at radius 2 is 1.89 bits per heavy atom. The molecule has 1 aromatic heterocycles. The minimum atomic E-state index is -3.92. The molecule has 2 heterocycles. The molecule has 2 N–H and O–H groups in total. The second kappa shape index (κ2) is 9.42. The molecule has 1 aliphatic rings. The lowest BCUT2D eigenvalue weighted by atomic mass is 9.96. The van der Waals surface area contributed by atoms with Crippen LogP contribution in [0.15, 0.2) is 77.7 Å². The maximum atomic E-state index is 13.3. The number of anilines is 1. The highest BCUT2D eigenvalue weighted by Gasteiger charge is 2.28. The molecule has 8 nitrogen and oxygen atoms in total. The highest BCUT2D eigenvalue weighted by molar-refractivity contribution is 7.92. The third-order valence-corrected chi connectivity index (χ3v) is 7.61. The van der Waals surface area contributed by atoms with E-state index in [1.165, 1.54) is 19.2 Å². The largest absolute Gasteiger partial charge is 0.495 e. The van der Waals surface area contributed by atoms with Gasteiger partial charge in [0.25, 0.3) is 15.9 Å². The number of aromatic amines is 1. The second-order valence-corrected chi connectivity index (χ2v) is 10.2. The average Bonchev–Trinajstić information content (AvgIpc) is 3.33. The summed E-state index contributed by atoms with van der Waals surface area (Å²) in [6, 6.07) is 20.8. The van der Waals surface area contributed by atoms with Gasteiger partial charge in [-0.15, -0.1) is 0 Å². The first-order valence-corrected chi connectivity index (χ1v) is 12.9. The number of benzene rings is 3. The number of nitrogens with zero attached hydrogens (tertiary/aromatic N) is 2. The Kier molecular flexibility index (Phi) is 6.17. The normalized spacial score (nSPS) is 16.3. The molecule has 9 heteroatoms. The number of likely N-dealkylation sites (tertiary alicyclic amines) is 1. The summed E-state index contributed by atoms with van der Waals surface area (Å²) >= 11 is 0. The molecule has 1 fully saturated rings. The summed E-state index contributed by atoms with van der Waals surface area (Å²) in [5.74, 6) is 1.19. The molecule has 0 radical (unpaired) electrons. The van der Waals surface area contributed by atoms with Gasteiger partial charge in [-0.3, -0.25) is 9.52 Å². The quantitative estimate of drug-likeness (QED) is 0.417. The zero-order valence-electron chi connectivity index (χ0n) is 19.3. The lowest BCUT2D eigenvalue weighted by Gasteiger charge is -2.32. The van der Waals surface area contributed by atoms with Crippen LogP contribution < -0.4 is 9.46 Å². The fourth-order valence-electron chi connectivity index (χ4n) is 4.46. The molecule has 180 valence electrons. The van der Waals surface area contributed by atoms with Crippen LogP contribution in [0, 0.1) is 0 Å². The van der Waals surface area contributed by atoms with Crippen LogP contribution in [0.3, 0.4) is 0 Å². The number of carbonyl (C=O) groups excluding carboxylic acids is 1. The number of aromatic nitrogens is 2. The van der Waals surface area contributed by atoms with Gasteiger partial charge in [-0.1, -0.05) is 30.3 Å². The lowest BCUT2D eigenvalue weighted by molar-refractivity contribution is 0.0704. The van der Waals surface area contributed by atoms with Crippen molar-refractivity contribution in [1.29, 1.82) is 0 Å². The predicted molar refractivity (Wildman–Crippen MR) is 134 cm³/mol. The maximum Gasteiger partial charge on any atom is 0.262 e. The molecule has 4 aromatic rings. The van der Waals surface area contributed by atoms with Crippen molar-refractivity contribution in [1.82, 2.24) is 14.9 Å². The minimum Gasteiger partial charge on any atom is -0.495 e. The van der Waals surface area contributed by atoms with Crippen LogP contribution in [0.5, 0.6) is 5.75 Å². The van der Waals surface area contributed by atoms with Crippen molar-refractivity contribution >= 4 is 32.7 Å². The fraction of sp³-hybridized carbons (Fsp3) is 0.231. The zero-order chi connectivity index (χ0) is 24.4. The number of imidazole rings is 1. The topological polar surface area (TPSA) is 104 Å². The van der Waals surface area contributed by atoms with Gasteiger partial charge in [0.15, 0.2) is 0 Å². The zero-order valence-corrected chi connectivity index (χ0v) is 20.1. The van der Waals surface area contributed by atoms with E-state index in [1.54, 1.807) is 41.3 Å². The number of piperidine rings is 1. The van der Waals surface area contributed by atoms with Crippen molar-refractivity contribution in [2.75, 3.05) is 24.9 Å². The first kappa shape index (κ1) is 22.9. The number of sulfonamides is 1. The number of para-hydroxylation sites is 4. The molecular weight excluding hydrogens is 464 g/mol. The molecule has 5 rings (SSSR count). The van der Waals surface area contributed by atoms with Gasteiger partial charge in [0.2, 0.25) is 0 Å². The molecular formula is C26H26N4O4S. The number of nitrogens with one attached hydrogen (secondary N) is 2. The number of amides is 1. The molecule has 0 aliphatic carbocycles. The monoisotopic (exact) mass is 490 g/mol. The molecule has 0 saturated carbocycles. The molecule has 1 saturated heterocycles. The number of H-pyrrole nitrogens is 1. The molecule has 0 spiro atoms. The average molecular weight is 491 g/mol. The van der Waals surface area contributed by atoms with Crippen LogP contribution in [-0.4, -0.2) is 49.4 Å². The van der Waals surface area contributed by atoms with Crippen molar-refractivity contribution in [3.05, 3.63) is 84.2 Å². The van der Waals surface area contributed by atoms with Gasteiger partial charge in [0.05, 0.1) is 28.7 Å². The van der Waals surface area contributed by atoms with Crippen molar-refractivity contribution in [3.63, 3.8) is 0 Å². The fourth-order valence-corrected chi connectivity index (χ4v) is 5.58. The van der Waals surface area contributed by atoms with Crippen molar-refractivity contribution in [2.45, 2.75) is 23.7 Å². The van der Waals surface area contributed by atoms with E-state index >= 15 is 0 Å². The predicted octanol–water partition coefficient (Wildman–Crippen LogP) is 4.39. The molecule has 0 bridgehead atoms. The molecule has 1 unspecified atom stereocenters. The van der Waals surface area contributed by atoms with Crippen molar-refractivity contribution in [2.24, 2.45) is 0 Å².